The number of nitrogens with one attached hydrogen (secondary N) is 1. The molecule has 0 aliphatic heterocycles. The molecule has 16 heavy (non-hydrogen) atoms. The zero-order valence-electron chi connectivity index (χ0n) is 8.48. The average molecular weight is 244 g/mol. The summed E-state index contributed by atoms with van der Waals surface area (Å²) in [5.41, 5.74) is 0.0987. The third kappa shape index (κ3) is 3.82. The number of hydrogen-bond donors (Lipinski definition) is 2. The van der Waals surface area contributed by atoms with Gasteiger partial charge in [-0.15, -0.1) is 0 Å². The maximum Gasteiger partial charge on any atom is 0.305 e. The fraction of sp³-hybridized carbons (Fsp3) is 0.333. The monoisotopic (exact) mass is 243 g/mol. The van der Waals surface area contributed by atoms with E-state index in [1.165, 1.54) is 12.4 Å². The first-order chi connectivity index (χ1) is 7.49. The zero-order chi connectivity index (χ0) is 12.1. The summed E-state index contributed by atoms with van der Waals surface area (Å²) in [5.74, 6) is -1.45. The second-order valence-electron chi connectivity index (χ2n) is 3.20. The van der Waals surface area contributed by atoms with Crippen molar-refractivity contribution in [2.24, 2.45) is 0 Å². The Hall–Kier alpha value is -1.69. The van der Waals surface area contributed by atoms with Crippen molar-refractivity contribution in [3.05, 3.63) is 23.2 Å². The number of aromatic nitrogens is 2. The smallest absolute Gasteiger partial charge is 0.305 e. The van der Waals surface area contributed by atoms with Gasteiger partial charge in [-0.25, -0.2) is 9.97 Å². The van der Waals surface area contributed by atoms with Gasteiger partial charge in [0.25, 0.3) is 5.91 Å². The lowest BCUT2D eigenvalue weighted by Gasteiger charge is -2.10. The standard InChI is InChI=1S/C9H10ClN3O3/c1-5(2-8(14)15)13-9(16)6-3-12-7(10)4-11-6/h3-5H,2H2,1H3,(H,13,16)(H,14,15). The van der Waals surface area contributed by atoms with Crippen molar-refractivity contribution in [1.82, 2.24) is 15.3 Å². The summed E-state index contributed by atoms with van der Waals surface area (Å²) < 4.78 is 0. The molecule has 1 aromatic rings. The minimum atomic E-state index is -0.977. The van der Waals surface area contributed by atoms with E-state index in [9.17, 15) is 9.59 Å². The van der Waals surface area contributed by atoms with Crippen molar-refractivity contribution in [3.63, 3.8) is 0 Å². The van der Waals surface area contributed by atoms with Crippen LogP contribution in [-0.2, 0) is 4.79 Å². The van der Waals surface area contributed by atoms with E-state index in [0.717, 1.165) is 0 Å². The van der Waals surface area contributed by atoms with Crippen LogP contribution in [0.1, 0.15) is 23.8 Å². The lowest BCUT2D eigenvalue weighted by molar-refractivity contribution is -0.137. The first-order valence-electron chi connectivity index (χ1n) is 4.49. The molecule has 1 aromatic heterocycles. The van der Waals surface area contributed by atoms with Crippen LogP contribution in [0.2, 0.25) is 5.15 Å². The molecule has 1 unspecified atom stereocenters. The minimum absolute atomic E-state index is 0.0987. The molecule has 2 N–H and O–H groups in total. The van der Waals surface area contributed by atoms with Gasteiger partial charge >= 0.3 is 5.97 Å². The van der Waals surface area contributed by atoms with Gasteiger partial charge in [-0.3, -0.25) is 9.59 Å². The van der Waals surface area contributed by atoms with Crippen LogP contribution in [0.4, 0.5) is 0 Å². The Balaban J connectivity index is 2.58. The van der Waals surface area contributed by atoms with Gasteiger partial charge in [0.05, 0.1) is 18.8 Å². The van der Waals surface area contributed by atoms with E-state index in [-0.39, 0.29) is 17.3 Å². The number of hydrogen-bond acceptors (Lipinski definition) is 4. The molecule has 0 aliphatic carbocycles. The van der Waals surface area contributed by atoms with Crippen LogP contribution in [0.3, 0.4) is 0 Å². The first-order valence-corrected chi connectivity index (χ1v) is 4.87. The highest BCUT2D eigenvalue weighted by Crippen LogP contribution is 2.01. The topological polar surface area (TPSA) is 92.2 Å². The van der Waals surface area contributed by atoms with Crippen molar-refractivity contribution in [2.75, 3.05) is 0 Å². The number of carboxylic acids is 1. The second-order valence-corrected chi connectivity index (χ2v) is 3.58. The molecule has 86 valence electrons. The van der Waals surface area contributed by atoms with Crippen LogP contribution < -0.4 is 5.32 Å². The van der Waals surface area contributed by atoms with Crippen molar-refractivity contribution in [3.8, 4) is 0 Å². The number of carboxylic acid groups (broad SMARTS) is 1. The number of carbonyl (C=O) groups excluding carboxylic acids is 1. The van der Waals surface area contributed by atoms with Gasteiger partial charge in [0, 0.05) is 6.04 Å². The van der Waals surface area contributed by atoms with Gasteiger partial charge in [0.1, 0.15) is 10.8 Å². The van der Waals surface area contributed by atoms with E-state index >= 15 is 0 Å². The predicted molar refractivity (Wildman–Crippen MR) is 56.2 cm³/mol. The third-order valence-electron chi connectivity index (χ3n) is 1.71. The number of halogens is 1. The maximum atomic E-state index is 11.5. The van der Waals surface area contributed by atoms with E-state index in [1.807, 2.05) is 0 Å². The van der Waals surface area contributed by atoms with Crippen LogP contribution in [0.15, 0.2) is 12.4 Å². The highest BCUT2D eigenvalue weighted by atomic mass is 35.5. The molecule has 0 aromatic carbocycles. The highest BCUT2D eigenvalue weighted by molar-refractivity contribution is 6.29. The largest absolute Gasteiger partial charge is 0.481 e. The summed E-state index contributed by atoms with van der Waals surface area (Å²) in [6, 6.07) is -0.470. The lowest BCUT2D eigenvalue weighted by Crippen LogP contribution is -2.34. The van der Waals surface area contributed by atoms with Gasteiger partial charge in [-0.2, -0.15) is 0 Å². The number of carbonyl (C=O) groups is 2. The molecule has 1 amide bonds. The lowest BCUT2D eigenvalue weighted by atomic mass is 10.2. The van der Waals surface area contributed by atoms with Gasteiger partial charge in [-0.1, -0.05) is 11.6 Å². The minimum Gasteiger partial charge on any atom is -0.481 e. The number of amides is 1. The average Bonchev–Trinajstić information content (AvgIpc) is 2.16. The molecule has 0 aliphatic rings. The summed E-state index contributed by atoms with van der Waals surface area (Å²) in [6.07, 6.45) is 2.33. The Morgan fingerprint density at radius 1 is 1.50 bits per heavy atom. The molecule has 0 saturated heterocycles. The fourth-order valence-corrected chi connectivity index (χ4v) is 1.14. The molecule has 0 radical (unpaired) electrons. The van der Waals surface area contributed by atoms with Crippen LogP contribution in [0, 0.1) is 0 Å². The quantitative estimate of drug-likeness (QED) is 0.813. The zero-order valence-corrected chi connectivity index (χ0v) is 9.23. The molecule has 7 heteroatoms. The van der Waals surface area contributed by atoms with Crippen LogP contribution in [0.5, 0.6) is 0 Å². The summed E-state index contributed by atoms with van der Waals surface area (Å²) in [7, 11) is 0. The summed E-state index contributed by atoms with van der Waals surface area (Å²) in [6.45, 7) is 1.59. The van der Waals surface area contributed by atoms with Gasteiger partial charge < -0.3 is 10.4 Å². The fourth-order valence-electron chi connectivity index (χ4n) is 1.04. The SMILES string of the molecule is CC(CC(=O)O)NC(=O)c1cnc(Cl)cn1. The summed E-state index contributed by atoms with van der Waals surface area (Å²) in [4.78, 5) is 29.3. The Morgan fingerprint density at radius 2 is 2.19 bits per heavy atom. The van der Waals surface area contributed by atoms with E-state index in [4.69, 9.17) is 16.7 Å². The molecule has 6 nitrogen and oxygen atoms in total. The molecule has 0 spiro atoms. The van der Waals surface area contributed by atoms with E-state index in [2.05, 4.69) is 15.3 Å². The number of aliphatic carboxylic acids is 1. The normalized spacial score (nSPS) is 11.9. The van der Waals surface area contributed by atoms with Crippen molar-refractivity contribution < 1.29 is 14.7 Å². The summed E-state index contributed by atoms with van der Waals surface area (Å²) in [5, 5.41) is 11.2. The molecular formula is C9H10ClN3O3. The second kappa shape index (κ2) is 5.41. The molecular weight excluding hydrogens is 234 g/mol. The van der Waals surface area contributed by atoms with Crippen molar-refractivity contribution in [1.29, 1.82) is 0 Å². The highest BCUT2D eigenvalue weighted by Gasteiger charge is 2.13. The van der Waals surface area contributed by atoms with Crippen LogP contribution >= 0.6 is 11.6 Å². The van der Waals surface area contributed by atoms with E-state index in [1.54, 1.807) is 6.92 Å². The summed E-state index contributed by atoms with van der Waals surface area (Å²) >= 11 is 5.51. The van der Waals surface area contributed by atoms with E-state index < -0.39 is 17.9 Å². The maximum absolute atomic E-state index is 11.5. The molecule has 0 saturated carbocycles. The first kappa shape index (κ1) is 12.4. The Labute approximate surface area is 96.7 Å². The Bertz CT molecular complexity index is 393. The Morgan fingerprint density at radius 3 is 2.69 bits per heavy atom. The number of rotatable bonds is 4. The molecule has 1 atom stereocenters. The van der Waals surface area contributed by atoms with Crippen molar-refractivity contribution in [2.45, 2.75) is 19.4 Å². The third-order valence-corrected chi connectivity index (χ3v) is 1.91. The van der Waals surface area contributed by atoms with Crippen molar-refractivity contribution >= 4 is 23.5 Å². The van der Waals surface area contributed by atoms with Gasteiger partial charge in [0.15, 0.2) is 0 Å². The number of nitrogens with zero attached hydrogens (tertiary/aromatic N) is 2. The molecule has 1 rings (SSSR count). The van der Waals surface area contributed by atoms with Gasteiger partial charge in [0.2, 0.25) is 0 Å². The molecule has 0 fully saturated rings. The van der Waals surface area contributed by atoms with Gasteiger partial charge in [-0.05, 0) is 6.92 Å². The van der Waals surface area contributed by atoms with Crippen LogP contribution in [-0.4, -0.2) is 33.0 Å². The van der Waals surface area contributed by atoms with E-state index in [0.29, 0.717) is 0 Å². The predicted octanol–water partition coefficient (Wildman–Crippen LogP) is 0.723. The van der Waals surface area contributed by atoms with Crippen LogP contribution in [0.25, 0.3) is 0 Å². The molecule has 0 bridgehead atoms. The molecule has 1 heterocycles. The Kier molecular flexibility index (Phi) is 4.19.